The highest BCUT2D eigenvalue weighted by Gasteiger charge is 2.14. The number of hydrogen-bond acceptors (Lipinski definition) is 7. The van der Waals surface area contributed by atoms with Crippen LogP contribution >= 0.6 is 22.9 Å². The van der Waals surface area contributed by atoms with Gasteiger partial charge in [-0.15, -0.1) is 11.3 Å². The number of amides is 1. The molecule has 9 heteroatoms. The quantitative estimate of drug-likeness (QED) is 0.607. The molecule has 0 aliphatic carbocycles. The maximum atomic E-state index is 12.3. The molecule has 7 nitrogen and oxygen atoms in total. The Kier molecular flexibility index (Phi) is 6.00. The van der Waals surface area contributed by atoms with E-state index >= 15 is 0 Å². The normalized spacial score (nSPS) is 10.3. The fourth-order valence-electron chi connectivity index (χ4n) is 2.24. The van der Waals surface area contributed by atoms with Gasteiger partial charge in [0.2, 0.25) is 5.91 Å². The monoisotopic (exact) mass is 402 g/mol. The second-order valence-electron chi connectivity index (χ2n) is 5.39. The molecule has 138 valence electrons. The van der Waals surface area contributed by atoms with Gasteiger partial charge in [0.25, 0.3) is 0 Å². The molecule has 1 amide bonds. The maximum Gasteiger partial charge on any atom is 0.339 e. The van der Waals surface area contributed by atoms with E-state index in [-0.39, 0.29) is 12.3 Å². The second-order valence-corrected chi connectivity index (χ2v) is 6.69. The number of rotatable bonds is 6. The molecule has 0 fully saturated rings. The summed E-state index contributed by atoms with van der Waals surface area (Å²) in [6.45, 7) is 0. The lowest BCUT2D eigenvalue weighted by Crippen LogP contribution is -2.17. The van der Waals surface area contributed by atoms with Gasteiger partial charge in [0, 0.05) is 11.6 Å². The summed E-state index contributed by atoms with van der Waals surface area (Å²) < 4.78 is 4.72. The van der Waals surface area contributed by atoms with E-state index in [0.717, 1.165) is 0 Å². The van der Waals surface area contributed by atoms with Gasteiger partial charge in [0.1, 0.15) is 5.82 Å². The van der Waals surface area contributed by atoms with Gasteiger partial charge in [-0.05, 0) is 24.3 Å². The maximum absolute atomic E-state index is 12.3. The minimum Gasteiger partial charge on any atom is -0.465 e. The van der Waals surface area contributed by atoms with Crippen LogP contribution in [0.3, 0.4) is 0 Å². The molecule has 0 atom stereocenters. The van der Waals surface area contributed by atoms with Crippen molar-refractivity contribution in [1.82, 2.24) is 9.97 Å². The number of esters is 1. The first kappa shape index (κ1) is 18.8. The van der Waals surface area contributed by atoms with Crippen molar-refractivity contribution in [3.8, 4) is 0 Å². The lowest BCUT2D eigenvalue weighted by molar-refractivity contribution is -0.115. The van der Waals surface area contributed by atoms with Crippen molar-refractivity contribution in [2.75, 3.05) is 17.7 Å². The van der Waals surface area contributed by atoms with Gasteiger partial charge in [0.05, 0.1) is 35.5 Å². The van der Waals surface area contributed by atoms with E-state index in [1.807, 2.05) is 0 Å². The van der Waals surface area contributed by atoms with Crippen molar-refractivity contribution in [2.24, 2.45) is 0 Å². The molecule has 27 heavy (non-hydrogen) atoms. The molecule has 1 aromatic carbocycles. The summed E-state index contributed by atoms with van der Waals surface area (Å²) in [5.74, 6) is -0.189. The van der Waals surface area contributed by atoms with Crippen molar-refractivity contribution in [1.29, 1.82) is 0 Å². The molecule has 3 rings (SSSR count). The molecule has 0 spiro atoms. The molecule has 0 aliphatic rings. The van der Waals surface area contributed by atoms with Crippen LogP contribution in [0.5, 0.6) is 0 Å². The Hall–Kier alpha value is -2.97. The first-order valence-electron chi connectivity index (χ1n) is 7.85. The number of para-hydroxylation sites is 1. The number of carbonyl (C=O) groups is 2. The van der Waals surface area contributed by atoms with E-state index in [4.69, 9.17) is 16.3 Å². The third-order valence-corrected chi connectivity index (χ3v) is 4.49. The Morgan fingerprint density at radius 2 is 2.04 bits per heavy atom. The number of ether oxygens (including phenoxy) is 1. The summed E-state index contributed by atoms with van der Waals surface area (Å²) in [5, 5.41) is 8.71. The zero-order valence-corrected chi connectivity index (χ0v) is 15.8. The Balaban J connectivity index is 1.63. The Morgan fingerprint density at radius 3 is 2.78 bits per heavy atom. The number of halogens is 1. The lowest BCUT2D eigenvalue weighted by Gasteiger charge is -2.08. The smallest absolute Gasteiger partial charge is 0.339 e. The second kappa shape index (κ2) is 8.61. The van der Waals surface area contributed by atoms with Gasteiger partial charge in [0.15, 0.2) is 5.13 Å². The Bertz CT molecular complexity index is 959. The van der Waals surface area contributed by atoms with Crippen LogP contribution in [0.1, 0.15) is 16.1 Å². The molecule has 0 unspecified atom stereocenters. The fourth-order valence-corrected chi connectivity index (χ4v) is 3.07. The number of nitrogens with one attached hydrogen (secondary N) is 2. The lowest BCUT2D eigenvalue weighted by atomic mass is 10.1. The summed E-state index contributed by atoms with van der Waals surface area (Å²) >= 11 is 7.16. The van der Waals surface area contributed by atoms with E-state index < -0.39 is 5.97 Å². The summed E-state index contributed by atoms with van der Waals surface area (Å²) in [6, 6.07) is 10.1. The number of thiazole rings is 1. The van der Waals surface area contributed by atoms with E-state index in [0.29, 0.717) is 32.9 Å². The minimum atomic E-state index is -0.512. The van der Waals surface area contributed by atoms with Crippen molar-refractivity contribution >= 4 is 51.5 Å². The van der Waals surface area contributed by atoms with Gasteiger partial charge in [-0.3, -0.25) is 4.79 Å². The largest absolute Gasteiger partial charge is 0.465 e. The number of pyridine rings is 1. The zero-order chi connectivity index (χ0) is 19.2. The summed E-state index contributed by atoms with van der Waals surface area (Å²) in [7, 11) is 1.29. The van der Waals surface area contributed by atoms with Crippen LogP contribution in [0, 0.1) is 0 Å². The van der Waals surface area contributed by atoms with Crippen LogP contribution in [-0.2, 0) is 16.0 Å². The van der Waals surface area contributed by atoms with Gasteiger partial charge in [-0.2, -0.15) is 0 Å². The third-order valence-electron chi connectivity index (χ3n) is 3.46. The van der Waals surface area contributed by atoms with Crippen LogP contribution < -0.4 is 10.6 Å². The van der Waals surface area contributed by atoms with Gasteiger partial charge >= 0.3 is 5.97 Å². The van der Waals surface area contributed by atoms with Crippen molar-refractivity contribution < 1.29 is 14.3 Å². The van der Waals surface area contributed by atoms with Crippen molar-refractivity contribution in [3.05, 3.63) is 64.3 Å². The topological polar surface area (TPSA) is 93.2 Å². The molecule has 2 heterocycles. The van der Waals surface area contributed by atoms with Crippen LogP contribution in [-0.4, -0.2) is 29.0 Å². The van der Waals surface area contributed by atoms with Gasteiger partial charge < -0.3 is 15.4 Å². The SMILES string of the molecule is COC(=O)c1ccccc1NC(=O)Cc1csc(Nc2ccc(Cl)cn2)n1. The molecule has 0 saturated heterocycles. The number of anilines is 3. The average molecular weight is 403 g/mol. The minimum absolute atomic E-state index is 0.0712. The van der Waals surface area contributed by atoms with Crippen LogP contribution in [0.15, 0.2) is 48.0 Å². The number of benzene rings is 1. The van der Waals surface area contributed by atoms with Crippen LogP contribution in [0.25, 0.3) is 0 Å². The molecular weight excluding hydrogens is 388 g/mol. The van der Waals surface area contributed by atoms with Crippen LogP contribution in [0.2, 0.25) is 5.02 Å². The molecule has 0 radical (unpaired) electrons. The molecule has 2 N–H and O–H groups in total. The predicted octanol–water partition coefficient (Wildman–Crippen LogP) is 3.90. The number of aromatic nitrogens is 2. The Labute approximate surface area is 164 Å². The van der Waals surface area contributed by atoms with E-state index in [1.54, 1.807) is 41.8 Å². The van der Waals surface area contributed by atoms with E-state index in [9.17, 15) is 9.59 Å². The van der Waals surface area contributed by atoms with E-state index in [1.165, 1.54) is 24.6 Å². The highest BCUT2D eigenvalue weighted by Crippen LogP contribution is 2.21. The molecule has 2 aromatic heterocycles. The van der Waals surface area contributed by atoms with Crippen molar-refractivity contribution in [2.45, 2.75) is 6.42 Å². The standard InChI is InChI=1S/C18H15ClN4O3S/c1-26-17(25)13-4-2-3-5-14(13)22-16(24)8-12-10-27-18(21-12)23-15-7-6-11(19)9-20-15/h2-7,9-10H,8H2,1H3,(H,22,24)(H,20,21,23). The van der Waals surface area contributed by atoms with Gasteiger partial charge in [-0.1, -0.05) is 23.7 Å². The average Bonchev–Trinajstić information content (AvgIpc) is 3.10. The first-order chi connectivity index (χ1) is 13.0. The van der Waals surface area contributed by atoms with Gasteiger partial charge in [-0.25, -0.2) is 14.8 Å². The number of carbonyl (C=O) groups excluding carboxylic acids is 2. The van der Waals surface area contributed by atoms with E-state index in [2.05, 4.69) is 20.6 Å². The third kappa shape index (κ3) is 5.02. The summed E-state index contributed by atoms with van der Waals surface area (Å²) in [5.41, 5.74) is 1.29. The van der Waals surface area contributed by atoms with Crippen molar-refractivity contribution in [3.63, 3.8) is 0 Å². The highest BCUT2D eigenvalue weighted by molar-refractivity contribution is 7.13. The summed E-state index contributed by atoms with van der Waals surface area (Å²) in [4.78, 5) is 32.6. The molecular formula is C18H15ClN4O3S. The number of methoxy groups -OCH3 is 1. The summed E-state index contributed by atoms with van der Waals surface area (Å²) in [6.07, 6.45) is 1.60. The highest BCUT2D eigenvalue weighted by atomic mass is 35.5. The molecule has 0 saturated carbocycles. The number of hydrogen-bond donors (Lipinski definition) is 2. The zero-order valence-electron chi connectivity index (χ0n) is 14.2. The van der Waals surface area contributed by atoms with Crippen LogP contribution in [0.4, 0.5) is 16.6 Å². The molecule has 0 bridgehead atoms. The fraction of sp³-hybridized carbons (Fsp3) is 0.111. The number of nitrogens with zero attached hydrogens (tertiary/aromatic N) is 2. The molecule has 0 aliphatic heterocycles. The Morgan fingerprint density at radius 1 is 1.22 bits per heavy atom. The predicted molar refractivity (Wildman–Crippen MR) is 105 cm³/mol. The first-order valence-corrected chi connectivity index (χ1v) is 9.11. The molecule has 3 aromatic rings.